The van der Waals surface area contributed by atoms with Crippen molar-refractivity contribution in [1.29, 1.82) is 0 Å². The first-order valence-corrected chi connectivity index (χ1v) is 9.23. The van der Waals surface area contributed by atoms with Gasteiger partial charge in [0, 0.05) is 13.2 Å². The highest BCUT2D eigenvalue weighted by atomic mass is 16.6. The van der Waals surface area contributed by atoms with Gasteiger partial charge in [0.05, 0.1) is 46.2 Å². The number of hydrogen-bond acceptors (Lipinski definition) is 6. The zero-order valence-corrected chi connectivity index (χ0v) is 16.4. The van der Waals surface area contributed by atoms with Gasteiger partial charge in [-0.25, -0.2) is 4.79 Å². The van der Waals surface area contributed by atoms with E-state index >= 15 is 0 Å². The molecule has 0 bridgehead atoms. The summed E-state index contributed by atoms with van der Waals surface area (Å²) in [6.07, 6.45) is 3.11. The van der Waals surface area contributed by atoms with E-state index in [-0.39, 0.29) is 0 Å². The average Bonchev–Trinajstić information content (AvgIpc) is 2.53. The van der Waals surface area contributed by atoms with Crippen molar-refractivity contribution in [3.8, 4) is 0 Å². The SMILES string of the molecule is CCCCCOCCOCCOCCOCCNC(=O)OC(C)(C)C. The van der Waals surface area contributed by atoms with Crippen LogP contribution in [0.2, 0.25) is 0 Å². The van der Waals surface area contributed by atoms with E-state index in [1.807, 2.05) is 20.8 Å². The lowest BCUT2D eigenvalue weighted by atomic mass is 10.2. The standard InChI is InChI=1S/C18H37NO6/c1-5-6-7-9-21-11-13-23-15-16-24-14-12-22-10-8-19-17(20)25-18(2,3)4/h5-16H2,1-4H3,(H,19,20). The lowest BCUT2D eigenvalue weighted by Gasteiger charge is -2.19. The van der Waals surface area contributed by atoms with E-state index in [9.17, 15) is 4.79 Å². The molecule has 0 aliphatic rings. The van der Waals surface area contributed by atoms with Crippen molar-refractivity contribution in [3.05, 3.63) is 0 Å². The number of amides is 1. The highest BCUT2D eigenvalue weighted by Crippen LogP contribution is 2.05. The van der Waals surface area contributed by atoms with Crippen LogP contribution < -0.4 is 5.32 Å². The maximum atomic E-state index is 11.4. The number of alkyl carbamates (subject to hydrolysis) is 1. The molecule has 0 aliphatic heterocycles. The van der Waals surface area contributed by atoms with Crippen molar-refractivity contribution in [2.24, 2.45) is 0 Å². The van der Waals surface area contributed by atoms with Gasteiger partial charge >= 0.3 is 6.09 Å². The van der Waals surface area contributed by atoms with Gasteiger partial charge in [0.15, 0.2) is 0 Å². The van der Waals surface area contributed by atoms with Crippen molar-refractivity contribution < 1.29 is 28.5 Å². The van der Waals surface area contributed by atoms with Crippen molar-refractivity contribution >= 4 is 6.09 Å². The van der Waals surface area contributed by atoms with Gasteiger partial charge in [-0.05, 0) is 27.2 Å². The molecule has 0 rings (SSSR count). The van der Waals surface area contributed by atoms with E-state index in [0.29, 0.717) is 52.8 Å². The normalized spacial score (nSPS) is 11.5. The van der Waals surface area contributed by atoms with E-state index in [1.54, 1.807) is 0 Å². The van der Waals surface area contributed by atoms with E-state index in [4.69, 9.17) is 23.7 Å². The molecule has 0 heterocycles. The van der Waals surface area contributed by atoms with Crippen LogP contribution in [-0.2, 0) is 23.7 Å². The summed E-state index contributed by atoms with van der Waals surface area (Å²) in [5.41, 5.74) is -0.484. The molecule has 1 amide bonds. The molecule has 150 valence electrons. The molecule has 7 nitrogen and oxygen atoms in total. The predicted molar refractivity (Wildman–Crippen MR) is 97.0 cm³/mol. The number of carbonyl (C=O) groups is 1. The second-order valence-electron chi connectivity index (χ2n) is 6.59. The van der Waals surface area contributed by atoms with Crippen LogP contribution >= 0.6 is 0 Å². The molecule has 0 aromatic rings. The third kappa shape index (κ3) is 21.1. The molecule has 0 aliphatic carbocycles. The molecule has 0 aromatic heterocycles. The maximum Gasteiger partial charge on any atom is 0.407 e. The number of unbranched alkanes of at least 4 members (excludes halogenated alkanes) is 2. The fraction of sp³-hybridized carbons (Fsp3) is 0.944. The maximum absolute atomic E-state index is 11.4. The van der Waals surface area contributed by atoms with Crippen LogP contribution in [0.1, 0.15) is 47.0 Å². The summed E-state index contributed by atoms with van der Waals surface area (Å²) in [7, 11) is 0. The van der Waals surface area contributed by atoms with Gasteiger partial charge in [-0.2, -0.15) is 0 Å². The van der Waals surface area contributed by atoms with Crippen LogP contribution in [0.15, 0.2) is 0 Å². The van der Waals surface area contributed by atoms with Crippen molar-refractivity contribution in [2.45, 2.75) is 52.6 Å². The van der Waals surface area contributed by atoms with Crippen LogP contribution in [0, 0.1) is 0 Å². The first-order chi connectivity index (χ1) is 12.0. The molecule has 0 radical (unpaired) electrons. The highest BCUT2D eigenvalue weighted by molar-refractivity contribution is 5.67. The zero-order valence-electron chi connectivity index (χ0n) is 16.4. The van der Waals surface area contributed by atoms with Crippen molar-refractivity contribution in [3.63, 3.8) is 0 Å². The summed E-state index contributed by atoms with van der Waals surface area (Å²) in [5.74, 6) is 0. The van der Waals surface area contributed by atoms with Crippen molar-refractivity contribution in [2.75, 3.05) is 59.4 Å². The number of carbonyl (C=O) groups excluding carboxylic acids is 1. The summed E-state index contributed by atoms with van der Waals surface area (Å²) >= 11 is 0. The fourth-order valence-electron chi connectivity index (χ4n) is 1.76. The largest absolute Gasteiger partial charge is 0.444 e. The minimum atomic E-state index is -0.484. The van der Waals surface area contributed by atoms with Crippen LogP contribution in [0.5, 0.6) is 0 Å². The van der Waals surface area contributed by atoms with E-state index in [1.165, 1.54) is 12.8 Å². The van der Waals surface area contributed by atoms with E-state index < -0.39 is 11.7 Å². The van der Waals surface area contributed by atoms with Gasteiger partial charge in [-0.15, -0.1) is 0 Å². The summed E-state index contributed by atoms with van der Waals surface area (Å²) < 4.78 is 26.7. The topological polar surface area (TPSA) is 75.3 Å². The lowest BCUT2D eigenvalue weighted by Crippen LogP contribution is -2.34. The minimum Gasteiger partial charge on any atom is -0.444 e. The lowest BCUT2D eigenvalue weighted by molar-refractivity contribution is -0.00212. The van der Waals surface area contributed by atoms with Gasteiger partial charge in [0.2, 0.25) is 0 Å². The Morgan fingerprint density at radius 3 is 1.72 bits per heavy atom. The summed E-state index contributed by atoms with van der Waals surface area (Å²) in [6, 6.07) is 0. The van der Waals surface area contributed by atoms with E-state index in [0.717, 1.165) is 13.0 Å². The summed E-state index contributed by atoms with van der Waals surface area (Å²) in [6.45, 7) is 12.6. The predicted octanol–water partition coefficient (Wildman–Crippen LogP) is 2.77. The molecule has 25 heavy (non-hydrogen) atoms. The molecule has 0 unspecified atom stereocenters. The summed E-state index contributed by atoms with van der Waals surface area (Å²) in [5, 5.41) is 2.63. The molecule has 7 heteroatoms. The Balaban J connectivity index is 3.13. The van der Waals surface area contributed by atoms with Gasteiger partial charge in [-0.3, -0.25) is 0 Å². The quantitative estimate of drug-likeness (QED) is 0.425. The van der Waals surface area contributed by atoms with Gasteiger partial charge in [0.1, 0.15) is 5.60 Å². The van der Waals surface area contributed by atoms with Gasteiger partial charge < -0.3 is 29.0 Å². The second kappa shape index (κ2) is 16.6. The molecular formula is C18H37NO6. The van der Waals surface area contributed by atoms with Crippen LogP contribution in [0.4, 0.5) is 4.79 Å². The molecule has 0 atom stereocenters. The Morgan fingerprint density at radius 1 is 0.760 bits per heavy atom. The van der Waals surface area contributed by atoms with Gasteiger partial charge in [-0.1, -0.05) is 19.8 Å². The van der Waals surface area contributed by atoms with Crippen molar-refractivity contribution in [1.82, 2.24) is 5.32 Å². The third-order valence-electron chi connectivity index (χ3n) is 2.92. The minimum absolute atomic E-state index is 0.413. The molecule has 0 spiro atoms. The summed E-state index contributed by atoms with van der Waals surface area (Å²) in [4.78, 5) is 11.4. The molecule has 0 saturated heterocycles. The zero-order chi connectivity index (χ0) is 18.8. The van der Waals surface area contributed by atoms with E-state index in [2.05, 4.69) is 12.2 Å². The van der Waals surface area contributed by atoms with Gasteiger partial charge in [0.25, 0.3) is 0 Å². The number of ether oxygens (including phenoxy) is 5. The third-order valence-corrected chi connectivity index (χ3v) is 2.92. The fourth-order valence-corrected chi connectivity index (χ4v) is 1.76. The Kier molecular flexibility index (Phi) is 16.0. The Hall–Kier alpha value is -0.890. The Labute approximate surface area is 152 Å². The molecule has 0 saturated carbocycles. The Bertz CT molecular complexity index is 306. The highest BCUT2D eigenvalue weighted by Gasteiger charge is 2.15. The molecule has 0 aromatic carbocycles. The molecule has 0 fully saturated rings. The Morgan fingerprint density at radius 2 is 1.24 bits per heavy atom. The van der Waals surface area contributed by atoms with Crippen LogP contribution in [0.25, 0.3) is 0 Å². The monoisotopic (exact) mass is 363 g/mol. The second-order valence-corrected chi connectivity index (χ2v) is 6.59. The van der Waals surface area contributed by atoms with Crippen LogP contribution in [-0.4, -0.2) is 71.1 Å². The number of hydrogen-bond donors (Lipinski definition) is 1. The molecule has 1 N–H and O–H groups in total. The first-order valence-electron chi connectivity index (χ1n) is 9.23. The number of rotatable bonds is 16. The van der Waals surface area contributed by atoms with Crippen LogP contribution in [0.3, 0.4) is 0 Å². The smallest absolute Gasteiger partial charge is 0.407 e. The average molecular weight is 363 g/mol. The first kappa shape index (κ1) is 24.1. The number of nitrogens with one attached hydrogen (secondary N) is 1. The molecular weight excluding hydrogens is 326 g/mol.